The highest BCUT2D eigenvalue weighted by molar-refractivity contribution is 9.10. The monoisotopic (exact) mass is 1300 g/mol. The number of benzene rings is 4. The molecule has 4 aromatic carbocycles. The molecule has 4 aromatic heterocycles. The van der Waals surface area contributed by atoms with Crippen molar-refractivity contribution in [2.24, 2.45) is 0 Å². The van der Waals surface area contributed by atoms with E-state index in [0.717, 1.165) is 4.47 Å². The smallest absolute Gasteiger partial charge is 0.350 e. The van der Waals surface area contributed by atoms with Gasteiger partial charge >= 0.3 is 7.00 Å². The Morgan fingerprint density at radius 2 is 1.07 bits per heavy atom. The number of carbonyl (C=O) groups excluding carboxylic acids is 6. The van der Waals surface area contributed by atoms with Gasteiger partial charge in [0.15, 0.2) is 11.6 Å². The number of halogens is 5. The third-order valence-electron chi connectivity index (χ3n) is 11.8. The zero-order chi connectivity index (χ0) is 62.5. The quantitative estimate of drug-likeness (QED) is 0.0354. The molecule has 19 nitrogen and oxygen atoms in total. The van der Waals surface area contributed by atoms with Gasteiger partial charge in [0.25, 0.3) is 0 Å². The minimum Gasteiger partial charge on any atom is -0.350 e. The van der Waals surface area contributed by atoms with Gasteiger partial charge in [0.1, 0.15) is 55.0 Å². The lowest BCUT2D eigenvalue weighted by Crippen LogP contribution is -2.45. The average Bonchev–Trinajstić information content (AvgIpc) is 2.23. The third kappa shape index (κ3) is 20.2. The molecule has 8 aromatic rings. The Hall–Kier alpha value is -8.31. The molecule has 0 saturated carbocycles. The Balaban J connectivity index is 0.000000262. The normalized spacial score (nSPS) is 10.6. The summed E-state index contributed by atoms with van der Waals surface area (Å²) in [7, 11) is -1.18. The fraction of sp³-hybridized carbons (Fsp3) is 0.254. The topological polar surface area (TPSA) is 237 Å². The first kappa shape index (κ1) is 67.5. The molecule has 1 atom stereocenters. The summed E-state index contributed by atoms with van der Waals surface area (Å²) < 4.78 is 41.4. The van der Waals surface area contributed by atoms with Crippen molar-refractivity contribution in [3.63, 3.8) is 0 Å². The molecule has 0 bridgehead atoms. The van der Waals surface area contributed by atoms with Crippen LogP contribution in [0.1, 0.15) is 90.9 Å². The number of amides is 4. The van der Waals surface area contributed by atoms with Crippen LogP contribution in [0.15, 0.2) is 114 Å². The first-order valence-electron chi connectivity index (χ1n) is 25.7. The first-order chi connectivity index (χ1) is 40.4. The summed E-state index contributed by atoms with van der Waals surface area (Å²) in [5.41, 5.74) is 2.82. The number of ketones is 2. The summed E-state index contributed by atoms with van der Waals surface area (Å²) >= 11 is 18.4. The van der Waals surface area contributed by atoms with Gasteiger partial charge in [-0.3, -0.25) is 38.1 Å². The lowest BCUT2D eigenvalue weighted by molar-refractivity contribution is -0.138. The Morgan fingerprint density at radius 3 is 1.47 bits per heavy atom. The van der Waals surface area contributed by atoms with E-state index >= 15 is 0 Å². The molecular formula is C59H57BrCl2F2N12O7PS+. The van der Waals surface area contributed by atoms with Gasteiger partial charge in [-0.05, 0) is 100 Å². The van der Waals surface area contributed by atoms with Crippen LogP contribution < -0.4 is 10.6 Å². The predicted octanol–water partition coefficient (Wildman–Crippen LogP) is 9.87. The van der Waals surface area contributed by atoms with Gasteiger partial charge in [-0.2, -0.15) is 10.2 Å². The van der Waals surface area contributed by atoms with Gasteiger partial charge in [0.2, 0.25) is 35.3 Å². The highest BCUT2D eigenvalue weighted by atomic mass is 79.9. The number of fused-ring (bicyclic) bond motifs is 2. The molecule has 0 aliphatic rings. The molecule has 4 heterocycles. The van der Waals surface area contributed by atoms with E-state index in [1.807, 2.05) is 0 Å². The Morgan fingerprint density at radius 1 is 0.659 bits per heavy atom. The maximum Gasteiger partial charge on any atom is 0.404 e. The fourth-order valence-corrected chi connectivity index (χ4v) is 8.52. The van der Waals surface area contributed by atoms with Crippen LogP contribution in [0.3, 0.4) is 0 Å². The minimum absolute atomic E-state index is 0.0239. The van der Waals surface area contributed by atoms with E-state index in [9.17, 15) is 42.1 Å². The van der Waals surface area contributed by atoms with Gasteiger partial charge in [-0.15, -0.1) is 6.42 Å². The van der Waals surface area contributed by atoms with Crippen molar-refractivity contribution < 1.29 is 42.1 Å². The van der Waals surface area contributed by atoms with Crippen LogP contribution in [0.25, 0.3) is 21.8 Å². The number of terminal acetylenes is 1. The molecule has 85 heavy (non-hydrogen) atoms. The van der Waals surface area contributed by atoms with Crippen LogP contribution in [0.2, 0.25) is 10.0 Å². The molecule has 4 amide bonds. The van der Waals surface area contributed by atoms with Crippen molar-refractivity contribution in [2.45, 2.75) is 79.8 Å². The maximum absolute atomic E-state index is 14.2. The summed E-state index contributed by atoms with van der Waals surface area (Å²) in [5.74, 6) is 5.70. The van der Waals surface area contributed by atoms with Crippen molar-refractivity contribution in [1.82, 2.24) is 59.9 Å². The number of thiol groups is 1. The average molecular weight is 1300 g/mol. The van der Waals surface area contributed by atoms with Crippen LogP contribution in [-0.2, 0) is 49.9 Å². The molecule has 0 aliphatic heterocycles. The second kappa shape index (κ2) is 32.7. The lowest BCUT2D eigenvalue weighted by Gasteiger charge is -2.26. The third-order valence-corrected chi connectivity index (χ3v) is 12.9. The first-order valence-corrected chi connectivity index (χ1v) is 30.1. The van der Waals surface area contributed by atoms with Crippen LogP contribution in [0.5, 0.6) is 0 Å². The summed E-state index contributed by atoms with van der Waals surface area (Å²) in [6.45, 7) is 10.6. The number of hydrogen-bond acceptors (Lipinski definition) is 13. The van der Waals surface area contributed by atoms with E-state index in [1.54, 1.807) is 120 Å². The molecular weight excluding hydrogens is 1240 g/mol. The molecule has 0 saturated heterocycles. The summed E-state index contributed by atoms with van der Waals surface area (Å²) in [4.78, 5) is 94.3. The zero-order valence-electron chi connectivity index (χ0n) is 47.0. The lowest BCUT2D eigenvalue weighted by atomic mass is 10.1. The van der Waals surface area contributed by atoms with Gasteiger partial charge in [0.05, 0.1) is 34.2 Å². The summed E-state index contributed by atoms with van der Waals surface area (Å²) in [6, 6.07) is 22.5. The number of hydrogen-bond donors (Lipinski definition) is 3. The number of carbonyl (C=O) groups is 6. The van der Waals surface area contributed by atoms with Gasteiger partial charge in [-0.25, -0.2) is 28.7 Å². The largest absolute Gasteiger partial charge is 0.404 e. The Labute approximate surface area is 513 Å². The van der Waals surface area contributed by atoms with Crippen molar-refractivity contribution in [2.75, 3.05) is 19.8 Å². The van der Waals surface area contributed by atoms with Crippen LogP contribution >= 0.6 is 58.4 Å². The molecule has 0 fully saturated rings. The molecule has 1 unspecified atom stereocenters. The molecule has 2 N–H and O–H groups in total. The van der Waals surface area contributed by atoms with Gasteiger partial charge in [-0.1, -0.05) is 73.9 Å². The summed E-state index contributed by atoms with van der Waals surface area (Å²) in [5, 5.41) is 15.1. The van der Waals surface area contributed by atoms with Crippen LogP contribution in [-0.4, -0.2) is 116 Å². The van der Waals surface area contributed by atoms with Crippen molar-refractivity contribution in [3.05, 3.63) is 176 Å². The van der Waals surface area contributed by atoms with Crippen LogP contribution in [0, 0.1) is 35.8 Å². The van der Waals surface area contributed by atoms with E-state index in [-0.39, 0.29) is 107 Å². The number of nitrogens with zero attached hydrogens (tertiary/aromatic N) is 10. The number of rotatable bonds is 16. The van der Waals surface area contributed by atoms with E-state index in [0.29, 0.717) is 39.0 Å². The standard InChI is InChI=1S/C29H26ClFN6O3.C23H23BrClFN4O3.C6H4N2.CH3OPS/c1-18(2)36(16-26(39)34-15-21-6-4-7-23(30)28(21)31)27(40)17-37-24-10-8-20(9-11-25-32-12-5-13-33-25)14-22(24)29(35-37)19(3)38;1-13(2)29(11-20(32)27-10-15-5-4-6-18(25)22(15)26)21(33)12-30-19-8-7-16(24)9-17(19)23(28-30)14(3)31;1-2-6-7-4-3-5-8-6;1-3(2)4/h4-8,10,12-14,18H,15-17H2,1-3H3,(H,34,39);4-9,13H,10-12H2,1-3H3,(H,27,32);1,3-5H;1H3/p+1. The van der Waals surface area contributed by atoms with E-state index < -0.39 is 30.5 Å². The number of nitrogens with one attached hydrogen (secondary N) is 2. The highest BCUT2D eigenvalue weighted by Gasteiger charge is 2.26. The van der Waals surface area contributed by atoms with E-state index in [2.05, 4.69) is 86.7 Å². The SMILES string of the molecule is C#Cc1ncccn1.CC(=O)c1nn(CC(=O)N(CC(=O)NCc2cccc(Cl)c2F)C(C)C)c2ccc(Br)cc12.CC(=O)c1nn(CC(=O)N(CC(=O)NCc2cccc(Cl)c2F)C(C)C)c2ccc(C#Cc3ncccn3)cc12.C[P+](=O)S. The molecule has 440 valence electrons. The van der Waals surface area contributed by atoms with Crippen molar-refractivity contribution in [3.8, 4) is 24.2 Å². The highest BCUT2D eigenvalue weighted by Crippen LogP contribution is 2.25. The maximum atomic E-state index is 14.2. The predicted molar refractivity (Wildman–Crippen MR) is 328 cm³/mol. The van der Waals surface area contributed by atoms with E-state index in [1.165, 1.54) is 57.3 Å². The van der Waals surface area contributed by atoms with Crippen molar-refractivity contribution in [1.29, 1.82) is 0 Å². The minimum atomic E-state index is -1.18. The Kier molecular flexibility index (Phi) is 25.9. The fourth-order valence-electron chi connectivity index (χ4n) is 7.77. The molecule has 0 spiro atoms. The number of aromatic nitrogens is 8. The van der Waals surface area contributed by atoms with E-state index in [4.69, 9.17) is 29.6 Å². The Bertz CT molecular complexity index is 3860. The van der Waals surface area contributed by atoms with Gasteiger partial charge in [0, 0.05) is 95.7 Å². The molecule has 26 heteroatoms. The second-order valence-electron chi connectivity index (χ2n) is 18.7. The zero-order valence-corrected chi connectivity index (χ0v) is 51.9. The summed E-state index contributed by atoms with van der Waals surface area (Å²) in [6.07, 6.45) is 11.4. The molecule has 0 aliphatic carbocycles. The molecule has 8 rings (SSSR count). The van der Waals surface area contributed by atoms with Crippen LogP contribution in [0.4, 0.5) is 8.78 Å². The number of Topliss-reactive ketones (excluding diaryl/α,β-unsaturated/α-hetero) is 2. The second-order valence-corrected chi connectivity index (χ2v) is 23.1. The van der Waals surface area contributed by atoms with Crippen molar-refractivity contribution >= 4 is 115 Å². The molecule has 0 radical (unpaired) electrons. The van der Waals surface area contributed by atoms with Gasteiger partial charge < -0.3 is 20.4 Å².